The Hall–Kier alpha value is -1.55. The third-order valence-corrected chi connectivity index (χ3v) is 3.70. The number of carbonyl (C=O) groups is 1. The van der Waals surface area contributed by atoms with Gasteiger partial charge in [0.25, 0.3) is 0 Å². The highest BCUT2D eigenvalue weighted by Crippen LogP contribution is 2.28. The molecule has 1 atom stereocenters. The van der Waals surface area contributed by atoms with Crippen molar-refractivity contribution in [1.82, 2.24) is 0 Å². The normalized spacial score (nSPS) is 16.8. The highest BCUT2D eigenvalue weighted by atomic mass is 16.1. The van der Waals surface area contributed by atoms with Crippen LogP contribution in [-0.4, -0.2) is 25.0 Å². The van der Waals surface area contributed by atoms with E-state index in [9.17, 15) is 4.79 Å². The molecular formula is C16H25N3O. The van der Waals surface area contributed by atoms with E-state index in [1.807, 2.05) is 25.1 Å². The van der Waals surface area contributed by atoms with Gasteiger partial charge in [0.15, 0.2) is 0 Å². The molecule has 1 heterocycles. The van der Waals surface area contributed by atoms with Crippen LogP contribution in [0, 0.1) is 0 Å². The molecule has 1 saturated heterocycles. The predicted octanol–water partition coefficient (Wildman–Crippen LogP) is 2.74. The average molecular weight is 275 g/mol. The summed E-state index contributed by atoms with van der Waals surface area (Å²) in [4.78, 5) is 14.3. The van der Waals surface area contributed by atoms with E-state index < -0.39 is 0 Å². The Kier molecular flexibility index (Phi) is 5.41. The third kappa shape index (κ3) is 4.23. The molecule has 1 amide bonds. The molecule has 2 rings (SSSR count). The number of carbonyl (C=O) groups excluding carboxylic acids is 1. The van der Waals surface area contributed by atoms with Crippen LogP contribution in [0.25, 0.3) is 0 Å². The number of piperidine rings is 1. The SMILES string of the molecule is CC(N)CCC(=O)Nc1ccccc1N1CCCCC1. The minimum absolute atomic E-state index is 0.0479. The number of benzene rings is 1. The Labute approximate surface area is 121 Å². The first-order valence-electron chi connectivity index (χ1n) is 7.56. The minimum atomic E-state index is 0.0479. The number of anilines is 2. The first-order valence-corrected chi connectivity index (χ1v) is 7.56. The zero-order chi connectivity index (χ0) is 14.4. The van der Waals surface area contributed by atoms with E-state index in [0.717, 1.165) is 30.9 Å². The van der Waals surface area contributed by atoms with E-state index in [2.05, 4.69) is 16.3 Å². The van der Waals surface area contributed by atoms with Crippen LogP contribution in [0.3, 0.4) is 0 Å². The van der Waals surface area contributed by atoms with E-state index >= 15 is 0 Å². The zero-order valence-electron chi connectivity index (χ0n) is 12.3. The quantitative estimate of drug-likeness (QED) is 0.868. The van der Waals surface area contributed by atoms with E-state index in [1.165, 1.54) is 19.3 Å². The monoisotopic (exact) mass is 275 g/mol. The summed E-state index contributed by atoms with van der Waals surface area (Å²) >= 11 is 0. The number of nitrogens with one attached hydrogen (secondary N) is 1. The van der Waals surface area contributed by atoms with Crippen molar-refractivity contribution in [3.8, 4) is 0 Å². The largest absolute Gasteiger partial charge is 0.370 e. The van der Waals surface area contributed by atoms with Crippen LogP contribution in [0.4, 0.5) is 11.4 Å². The number of nitrogens with two attached hydrogens (primary N) is 1. The van der Waals surface area contributed by atoms with Crippen LogP contribution >= 0.6 is 0 Å². The van der Waals surface area contributed by atoms with Gasteiger partial charge in [0.2, 0.25) is 5.91 Å². The molecule has 0 spiro atoms. The number of nitrogens with zero attached hydrogens (tertiary/aromatic N) is 1. The standard InChI is InChI=1S/C16H25N3O/c1-13(17)9-10-16(20)18-14-7-3-4-8-15(14)19-11-5-2-6-12-19/h3-4,7-8,13H,2,5-6,9-12,17H2,1H3,(H,18,20). The molecule has 1 fully saturated rings. The van der Waals surface area contributed by atoms with Gasteiger partial charge < -0.3 is 16.0 Å². The maximum absolute atomic E-state index is 12.0. The smallest absolute Gasteiger partial charge is 0.224 e. The van der Waals surface area contributed by atoms with Gasteiger partial charge in [-0.3, -0.25) is 4.79 Å². The molecule has 1 unspecified atom stereocenters. The summed E-state index contributed by atoms with van der Waals surface area (Å²) in [5.74, 6) is 0.0479. The van der Waals surface area contributed by atoms with Gasteiger partial charge in [-0.15, -0.1) is 0 Å². The summed E-state index contributed by atoms with van der Waals surface area (Å²) in [5, 5.41) is 3.03. The molecule has 20 heavy (non-hydrogen) atoms. The van der Waals surface area contributed by atoms with Crippen molar-refractivity contribution in [2.75, 3.05) is 23.3 Å². The molecule has 1 aliphatic rings. The van der Waals surface area contributed by atoms with E-state index in [0.29, 0.717) is 6.42 Å². The van der Waals surface area contributed by atoms with Crippen LogP contribution in [0.5, 0.6) is 0 Å². The second-order valence-corrected chi connectivity index (χ2v) is 5.63. The molecule has 0 aliphatic carbocycles. The lowest BCUT2D eigenvalue weighted by atomic mass is 10.1. The van der Waals surface area contributed by atoms with Crippen molar-refractivity contribution in [3.05, 3.63) is 24.3 Å². The molecule has 1 aromatic carbocycles. The lowest BCUT2D eigenvalue weighted by Gasteiger charge is -2.30. The van der Waals surface area contributed by atoms with E-state index in [4.69, 9.17) is 5.73 Å². The van der Waals surface area contributed by atoms with Crippen LogP contribution in [-0.2, 0) is 4.79 Å². The highest BCUT2D eigenvalue weighted by Gasteiger charge is 2.15. The maximum atomic E-state index is 12.0. The molecule has 1 aliphatic heterocycles. The molecule has 1 aromatic rings. The van der Waals surface area contributed by atoms with Gasteiger partial charge in [-0.25, -0.2) is 0 Å². The van der Waals surface area contributed by atoms with Gasteiger partial charge in [0.05, 0.1) is 11.4 Å². The predicted molar refractivity (Wildman–Crippen MR) is 84.0 cm³/mol. The summed E-state index contributed by atoms with van der Waals surface area (Å²) in [7, 11) is 0. The van der Waals surface area contributed by atoms with Crippen LogP contribution < -0.4 is 16.0 Å². The molecule has 4 heteroatoms. The molecule has 0 bridgehead atoms. The maximum Gasteiger partial charge on any atom is 0.224 e. The van der Waals surface area contributed by atoms with Crippen LogP contribution in [0.1, 0.15) is 39.0 Å². The van der Waals surface area contributed by atoms with Crippen molar-refractivity contribution in [2.24, 2.45) is 5.73 Å². The molecule has 0 aromatic heterocycles. The number of rotatable bonds is 5. The first-order chi connectivity index (χ1) is 9.66. The fraction of sp³-hybridized carbons (Fsp3) is 0.562. The highest BCUT2D eigenvalue weighted by molar-refractivity contribution is 5.94. The number of amides is 1. The van der Waals surface area contributed by atoms with Crippen molar-refractivity contribution in [3.63, 3.8) is 0 Å². The third-order valence-electron chi connectivity index (χ3n) is 3.70. The Bertz CT molecular complexity index is 439. The lowest BCUT2D eigenvalue weighted by molar-refractivity contribution is -0.116. The molecule has 0 saturated carbocycles. The Morgan fingerprint density at radius 2 is 2.00 bits per heavy atom. The lowest BCUT2D eigenvalue weighted by Crippen LogP contribution is -2.30. The van der Waals surface area contributed by atoms with Crippen molar-refractivity contribution >= 4 is 17.3 Å². The number of hydrogen-bond donors (Lipinski definition) is 2. The summed E-state index contributed by atoms with van der Waals surface area (Å²) in [6.45, 7) is 4.08. The van der Waals surface area contributed by atoms with Gasteiger partial charge in [0, 0.05) is 25.6 Å². The Balaban J connectivity index is 2.01. The number of para-hydroxylation sites is 2. The van der Waals surface area contributed by atoms with Gasteiger partial charge in [0.1, 0.15) is 0 Å². The van der Waals surface area contributed by atoms with Crippen molar-refractivity contribution < 1.29 is 4.79 Å². The molecule has 4 nitrogen and oxygen atoms in total. The summed E-state index contributed by atoms with van der Waals surface area (Å²) in [6.07, 6.45) is 4.96. The van der Waals surface area contributed by atoms with Crippen molar-refractivity contribution in [1.29, 1.82) is 0 Å². The Morgan fingerprint density at radius 3 is 2.70 bits per heavy atom. The van der Waals surface area contributed by atoms with Gasteiger partial charge in [-0.05, 0) is 44.7 Å². The van der Waals surface area contributed by atoms with E-state index in [1.54, 1.807) is 0 Å². The summed E-state index contributed by atoms with van der Waals surface area (Å²) in [6, 6.07) is 8.13. The van der Waals surface area contributed by atoms with Crippen LogP contribution in [0.2, 0.25) is 0 Å². The fourth-order valence-corrected chi connectivity index (χ4v) is 2.56. The van der Waals surface area contributed by atoms with Gasteiger partial charge >= 0.3 is 0 Å². The second kappa shape index (κ2) is 7.29. The van der Waals surface area contributed by atoms with Gasteiger partial charge in [-0.2, -0.15) is 0 Å². The number of hydrogen-bond acceptors (Lipinski definition) is 3. The fourth-order valence-electron chi connectivity index (χ4n) is 2.56. The molecular weight excluding hydrogens is 250 g/mol. The average Bonchev–Trinajstić information content (AvgIpc) is 2.47. The summed E-state index contributed by atoms with van der Waals surface area (Å²) < 4.78 is 0. The second-order valence-electron chi connectivity index (χ2n) is 5.63. The first kappa shape index (κ1) is 14.9. The summed E-state index contributed by atoms with van der Waals surface area (Å²) in [5.41, 5.74) is 7.75. The minimum Gasteiger partial charge on any atom is -0.370 e. The molecule has 110 valence electrons. The zero-order valence-corrected chi connectivity index (χ0v) is 12.3. The van der Waals surface area contributed by atoms with Gasteiger partial charge in [-0.1, -0.05) is 12.1 Å². The van der Waals surface area contributed by atoms with Crippen molar-refractivity contribution in [2.45, 2.75) is 45.1 Å². The van der Waals surface area contributed by atoms with Crippen LogP contribution in [0.15, 0.2) is 24.3 Å². The molecule has 3 N–H and O–H groups in total. The molecule has 0 radical (unpaired) electrons. The topological polar surface area (TPSA) is 58.4 Å². The van der Waals surface area contributed by atoms with E-state index in [-0.39, 0.29) is 11.9 Å². The Morgan fingerprint density at radius 1 is 1.30 bits per heavy atom.